The largest absolute Gasteiger partial charge is 0.466 e. The minimum atomic E-state index is -0.0413. The number of rotatable bonds is 12. The third kappa shape index (κ3) is 15.6. The number of halogens is 1. The summed E-state index contributed by atoms with van der Waals surface area (Å²) in [6.07, 6.45) is 11.7. The normalized spacial score (nSPS) is 9.90. The Morgan fingerprint density at radius 3 is 2.35 bits per heavy atom. The molecule has 0 spiro atoms. The Morgan fingerprint density at radius 1 is 0.950 bits per heavy atom. The van der Waals surface area contributed by atoms with Crippen LogP contribution < -0.4 is 0 Å². The lowest BCUT2D eigenvalue weighted by atomic mass is 10.1. The molecule has 0 N–H and O–H groups in total. The van der Waals surface area contributed by atoms with Crippen molar-refractivity contribution < 1.29 is 9.53 Å². The summed E-state index contributed by atoms with van der Waals surface area (Å²) in [6, 6.07) is 0. The summed E-state index contributed by atoms with van der Waals surface area (Å²) in [4.78, 5) is 11.3. The van der Waals surface area contributed by atoms with Gasteiger partial charge in [-0.1, -0.05) is 48.5 Å². The zero-order chi connectivity index (χ0) is 14.9. The molecule has 0 fully saturated rings. The van der Waals surface area contributed by atoms with E-state index in [0.29, 0.717) is 13.0 Å². The van der Waals surface area contributed by atoms with Crippen molar-refractivity contribution >= 4 is 21.9 Å². The topological polar surface area (TPSA) is 26.3 Å². The standard InChI is InChI=1S/C17H29BrO2/c1-2-3-4-5-6-7-8-9-10-13-16-20-17(19)14-11-12-15-18/h2,5-16H2,1H3. The predicted molar refractivity (Wildman–Crippen MR) is 89.0 cm³/mol. The van der Waals surface area contributed by atoms with Crippen LogP contribution in [0.5, 0.6) is 0 Å². The first-order valence-corrected chi connectivity index (χ1v) is 9.10. The molecule has 0 rings (SSSR count). The highest BCUT2D eigenvalue weighted by Crippen LogP contribution is 2.07. The van der Waals surface area contributed by atoms with Crippen LogP contribution >= 0.6 is 15.9 Å². The quantitative estimate of drug-likeness (QED) is 0.209. The second-order valence-electron chi connectivity index (χ2n) is 4.94. The average molecular weight is 345 g/mol. The third-order valence-corrected chi connectivity index (χ3v) is 3.59. The summed E-state index contributed by atoms with van der Waals surface area (Å²) < 4.78 is 5.19. The molecule has 0 saturated carbocycles. The number of alkyl halides is 1. The van der Waals surface area contributed by atoms with Crippen molar-refractivity contribution in [3.8, 4) is 11.8 Å². The Morgan fingerprint density at radius 2 is 1.65 bits per heavy atom. The second-order valence-corrected chi connectivity index (χ2v) is 5.74. The smallest absolute Gasteiger partial charge is 0.305 e. The van der Waals surface area contributed by atoms with Gasteiger partial charge in [0, 0.05) is 24.6 Å². The fourth-order valence-electron chi connectivity index (χ4n) is 1.86. The maximum absolute atomic E-state index is 11.3. The molecule has 0 aliphatic heterocycles. The van der Waals surface area contributed by atoms with Crippen molar-refractivity contribution in [1.29, 1.82) is 0 Å². The van der Waals surface area contributed by atoms with Crippen LogP contribution in [-0.2, 0) is 9.53 Å². The van der Waals surface area contributed by atoms with Crippen molar-refractivity contribution in [2.24, 2.45) is 0 Å². The monoisotopic (exact) mass is 344 g/mol. The van der Waals surface area contributed by atoms with Crippen molar-refractivity contribution in [2.45, 2.75) is 77.6 Å². The SMILES string of the molecule is CCC#CCCCCCCCCOC(=O)CCCCBr. The molecule has 0 heterocycles. The molecule has 0 aliphatic rings. The van der Waals surface area contributed by atoms with Crippen LogP contribution in [0.1, 0.15) is 77.6 Å². The summed E-state index contributed by atoms with van der Waals surface area (Å²) in [5, 5.41) is 0.963. The number of carbonyl (C=O) groups excluding carboxylic acids is 1. The molecule has 0 saturated heterocycles. The van der Waals surface area contributed by atoms with E-state index < -0.39 is 0 Å². The first kappa shape index (κ1) is 19.5. The van der Waals surface area contributed by atoms with E-state index >= 15 is 0 Å². The maximum atomic E-state index is 11.3. The molecule has 0 aromatic carbocycles. The minimum absolute atomic E-state index is 0.0413. The fourth-order valence-corrected chi connectivity index (χ4v) is 2.25. The highest BCUT2D eigenvalue weighted by atomic mass is 79.9. The van der Waals surface area contributed by atoms with Crippen molar-refractivity contribution in [1.82, 2.24) is 0 Å². The lowest BCUT2D eigenvalue weighted by Gasteiger charge is -2.04. The molecule has 0 aromatic rings. The first-order valence-electron chi connectivity index (χ1n) is 7.98. The van der Waals surface area contributed by atoms with Crippen LogP contribution in [0.2, 0.25) is 0 Å². The van der Waals surface area contributed by atoms with Gasteiger partial charge in [0.2, 0.25) is 0 Å². The summed E-state index contributed by atoms with van der Waals surface area (Å²) in [5.74, 6) is 6.22. The van der Waals surface area contributed by atoms with Crippen LogP contribution in [-0.4, -0.2) is 17.9 Å². The molecular weight excluding hydrogens is 316 g/mol. The lowest BCUT2D eigenvalue weighted by Crippen LogP contribution is -2.05. The van der Waals surface area contributed by atoms with E-state index in [9.17, 15) is 4.79 Å². The second kappa shape index (κ2) is 16.6. The van der Waals surface area contributed by atoms with Gasteiger partial charge in [-0.05, 0) is 25.7 Å². The van der Waals surface area contributed by atoms with E-state index in [4.69, 9.17) is 4.74 Å². The van der Waals surface area contributed by atoms with Gasteiger partial charge in [0.15, 0.2) is 0 Å². The molecule has 0 radical (unpaired) electrons. The molecule has 0 aliphatic carbocycles. The first-order chi connectivity index (χ1) is 9.81. The van der Waals surface area contributed by atoms with Gasteiger partial charge in [-0.2, -0.15) is 0 Å². The van der Waals surface area contributed by atoms with Crippen molar-refractivity contribution in [3.05, 3.63) is 0 Å². The Bertz CT molecular complexity index is 278. The van der Waals surface area contributed by atoms with E-state index in [2.05, 4.69) is 34.7 Å². The van der Waals surface area contributed by atoms with Gasteiger partial charge >= 0.3 is 5.97 Å². The number of carbonyl (C=O) groups is 1. The van der Waals surface area contributed by atoms with E-state index in [-0.39, 0.29) is 5.97 Å². The molecule has 0 atom stereocenters. The van der Waals surface area contributed by atoms with E-state index in [1.165, 1.54) is 25.7 Å². The summed E-state index contributed by atoms with van der Waals surface area (Å²) in [7, 11) is 0. The van der Waals surface area contributed by atoms with Gasteiger partial charge in [0.05, 0.1) is 6.61 Å². The lowest BCUT2D eigenvalue weighted by molar-refractivity contribution is -0.143. The maximum Gasteiger partial charge on any atom is 0.305 e. The molecule has 20 heavy (non-hydrogen) atoms. The fraction of sp³-hybridized carbons (Fsp3) is 0.824. The summed E-state index contributed by atoms with van der Waals surface area (Å²) >= 11 is 3.35. The van der Waals surface area contributed by atoms with Gasteiger partial charge in [0.1, 0.15) is 0 Å². The van der Waals surface area contributed by atoms with Crippen LogP contribution in [0.3, 0.4) is 0 Å². The van der Waals surface area contributed by atoms with Crippen LogP contribution in [0.4, 0.5) is 0 Å². The summed E-state index contributed by atoms with van der Waals surface area (Å²) in [6.45, 7) is 2.68. The number of ether oxygens (including phenoxy) is 1. The number of unbranched alkanes of at least 4 members (excludes halogenated alkanes) is 7. The summed E-state index contributed by atoms with van der Waals surface area (Å²) in [5.41, 5.74) is 0. The zero-order valence-electron chi connectivity index (χ0n) is 12.9. The van der Waals surface area contributed by atoms with Crippen LogP contribution in [0, 0.1) is 11.8 Å². The van der Waals surface area contributed by atoms with Gasteiger partial charge in [-0.3, -0.25) is 4.79 Å². The molecule has 0 unspecified atom stereocenters. The molecular formula is C17H29BrO2. The van der Waals surface area contributed by atoms with Crippen molar-refractivity contribution in [2.75, 3.05) is 11.9 Å². The molecule has 0 aromatic heterocycles. The van der Waals surface area contributed by atoms with Crippen molar-refractivity contribution in [3.63, 3.8) is 0 Å². The number of esters is 1. The molecule has 2 nitrogen and oxygen atoms in total. The molecule has 116 valence electrons. The zero-order valence-corrected chi connectivity index (χ0v) is 14.5. The van der Waals surface area contributed by atoms with Crippen LogP contribution in [0.15, 0.2) is 0 Å². The average Bonchev–Trinajstić information content (AvgIpc) is 2.45. The Hall–Kier alpha value is -0.490. The van der Waals surface area contributed by atoms with Gasteiger partial charge in [0.25, 0.3) is 0 Å². The highest BCUT2D eigenvalue weighted by Gasteiger charge is 2.01. The van der Waals surface area contributed by atoms with E-state index in [1.54, 1.807) is 0 Å². The van der Waals surface area contributed by atoms with Gasteiger partial charge < -0.3 is 4.74 Å². The number of hydrogen-bond acceptors (Lipinski definition) is 2. The predicted octanol–water partition coefficient (Wildman–Crippen LogP) is 5.24. The molecule has 0 amide bonds. The highest BCUT2D eigenvalue weighted by molar-refractivity contribution is 9.09. The Labute approximate surface area is 133 Å². The van der Waals surface area contributed by atoms with E-state index in [1.807, 2.05) is 0 Å². The Balaban J connectivity index is 3.14. The van der Waals surface area contributed by atoms with E-state index in [0.717, 1.165) is 43.9 Å². The van der Waals surface area contributed by atoms with Gasteiger partial charge in [-0.25, -0.2) is 0 Å². The van der Waals surface area contributed by atoms with Gasteiger partial charge in [-0.15, -0.1) is 11.8 Å². The minimum Gasteiger partial charge on any atom is -0.466 e. The molecule has 3 heteroatoms. The number of hydrogen-bond donors (Lipinski definition) is 0. The van der Waals surface area contributed by atoms with Crippen LogP contribution in [0.25, 0.3) is 0 Å². The Kier molecular flexibility index (Phi) is 16.2. The third-order valence-electron chi connectivity index (χ3n) is 3.03. The molecule has 0 bridgehead atoms.